The van der Waals surface area contributed by atoms with E-state index >= 15 is 0 Å². The molecule has 2 atom stereocenters. The standard InChI is InChI=1S/C14H24O/c1-13(2,3)12-8-7-11-6-4-5-9-14(11,15)10-12/h8,11,15H,4-7,9-10H2,1-3H3/t11-,14-/m0/s1. The van der Waals surface area contributed by atoms with Gasteiger partial charge in [0.1, 0.15) is 0 Å². The average Bonchev–Trinajstić information content (AvgIpc) is 2.14. The van der Waals surface area contributed by atoms with E-state index < -0.39 is 0 Å². The Morgan fingerprint density at radius 3 is 2.73 bits per heavy atom. The maximum absolute atomic E-state index is 10.7. The quantitative estimate of drug-likeness (QED) is 0.602. The normalized spacial score (nSPS) is 37.1. The second kappa shape index (κ2) is 3.62. The zero-order valence-corrected chi connectivity index (χ0v) is 10.3. The van der Waals surface area contributed by atoms with Gasteiger partial charge in [0.25, 0.3) is 0 Å². The Labute approximate surface area is 93.6 Å². The molecule has 2 aliphatic rings. The van der Waals surface area contributed by atoms with Gasteiger partial charge >= 0.3 is 0 Å². The van der Waals surface area contributed by atoms with Crippen molar-refractivity contribution in [2.24, 2.45) is 11.3 Å². The van der Waals surface area contributed by atoms with Crippen molar-refractivity contribution in [1.29, 1.82) is 0 Å². The van der Waals surface area contributed by atoms with Crippen molar-refractivity contribution in [2.45, 2.75) is 64.9 Å². The van der Waals surface area contributed by atoms with Crippen LogP contribution in [-0.2, 0) is 0 Å². The van der Waals surface area contributed by atoms with Crippen LogP contribution < -0.4 is 0 Å². The van der Waals surface area contributed by atoms with Gasteiger partial charge in [-0.1, -0.05) is 45.3 Å². The summed E-state index contributed by atoms with van der Waals surface area (Å²) in [4.78, 5) is 0. The molecule has 1 N–H and O–H groups in total. The Kier molecular flexibility index (Phi) is 2.70. The molecule has 0 spiro atoms. The minimum atomic E-state index is -0.365. The number of allylic oxidation sites excluding steroid dienone is 1. The van der Waals surface area contributed by atoms with Crippen LogP contribution in [0.4, 0.5) is 0 Å². The van der Waals surface area contributed by atoms with Crippen LogP contribution in [0.25, 0.3) is 0 Å². The lowest BCUT2D eigenvalue weighted by atomic mass is 9.64. The molecule has 0 aromatic rings. The highest BCUT2D eigenvalue weighted by atomic mass is 16.3. The first-order valence-corrected chi connectivity index (χ1v) is 6.34. The van der Waals surface area contributed by atoms with Crippen molar-refractivity contribution in [3.05, 3.63) is 11.6 Å². The summed E-state index contributed by atoms with van der Waals surface area (Å²) < 4.78 is 0. The van der Waals surface area contributed by atoms with Crippen LogP contribution in [0.3, 0.4) is 0 Å². The molecule has 0 unspecified atom stereocenters. The molecule has 1 saturated carbocycles. The minimum absolute atomic E-state index is 0.234. The first kappa shape index (κ1) is 11.2. The Morgan fingerprint density at radius 1 is 1.33 bits per heavy atom. The summed E-state index contributed by atoms with van der Waals surface area (Å²) in [5.41, 5.74) is 1.33. The number of hydrogen-bond donors (Lipinski definition) is 1. The van der Waals surface area contributed by atoms with Gasteiger partial charge < -0.3 is 5.11 Å². The maximum atomic E-state index is 10.7. The molecule has 1 nitrogen and oxygen atoms in total. The SMILES string of the molecule is CC(C)(C)C1=CC[C@@H]2CCCC[C@]2(O)C1. The van der Waals surface area contributed by atoms with E-state index in [2.05, 4.69) is 26.8 Å². The zero-order chi connectivity index (χ0) is 11.1. The van der Waals surface area contributed by atoms with Gasteiger partial charge in [-0.25, -0.2) is 0 Å². The van der Waals surface area contributed by atoms with Crippen molar-refractivity contribution in [3.63, 3.8) is 0 Å². The fourth-order valence-electron chi connectivity index (χ4n) is 3.12. The van der Waals surface area contributed by atoms with E-state index in [0.717, 1.165) is 19.3 Å². The third-order valence-corrected chi connectivity index (χ3v) is 4.28. The predicted molar refractivity (Wildman–Crippen MR) is 63.7 cm³/mol. The fraction of sp³-hybridized carbons (Fsp3) is 0.857. The molecular formula is C14H24O. The number of aliphatic hydroxyl groups is 1. The van der Waals surface area contributed by atoms with Crippen molar-refractivity contribution < 1.29 is 5.11 Å². The van der Waals surface area contributed by atoms with Crippen LogP contribution >= 0.6 is 0 Å². The number of hydrogen-bond acceptors (Lipinski definition) is 1. The monoisotopic (exact) mass is 208 g/mol. The minimum Gasteiger partial charge on any atom is -0.389 e. The van der Waals surface area contributed by atoms with E-state index in [1.165, 1.54) is 24.8 Å². The highest BCUT2D eigenvalue weighted by Crippen LogP contribution is 2.47. The van der Waals surface area contributed by atoms with Crippen LogP contribution in [0.1, 0.15) is 59.3 Å². The summed E-state index contributed by atoms with van der Waals surface area (Å²) >= 11 is 0. The first-order valence-electron chi connectivity index (χ1n) is 6.34. The molecule has 0 saturated heterocycles. The van der Waals surface area contributed by atoms with Gasteiger partial charge in [0, 0.05) is 0 Å². The molecule has 0 heterocycles. The van der Waals surface area contributed by atoms with Crippen molar-refractivity contribution in [1.82, 2.24) is 0 Å². The lowest BCUT2D eigenvalue weighted by molar-refractivity contribution is -0.0548. The van der Waals surface area contributed by atoms with Gasteiger partial charge in [-0.15, -0.1) is 0 Å². The Hall–Kier alpha value is -0.300. The molecule has 2 rings (SSSR count). The second-order valence-electron chi connectivity index (χ2n) is 6.44. The summed E-state index contributed by atoms with van der Waals surface area (Å²) in [6, 6.07) is 0. The van der Waals surface area contributed by atoms with E-state index in [4.69, 9.17) is 0 Å². The number of fused-ring (bicyclic) bond motifs is 1. The highest BCUT2D eigenvalue weighted by molar-refractivity contribution is 5.20. The van der Waals surface area contributed by atoms with Crippen LogP contribution in [0.2, 0.25) is 0 Å². The topological polar surface area (TPSA) is 20.2 Å². The lowest BCUT2D eigenvalue weighted by Gasteiger charge is -2.45. The molecular weight excluding hydrogens is 184 g/mol. The smallest absolute Gasteiger partial charge is 0.0715 e. The third kappa shape index (κ3) is 2.13. The van der Waals surface area contributed by atoms with Gasteiger partial charge in [-0.2, -0.15) is 0 Å². The fourth-order valence-corrected chi connectivity index (χ4v) is 3.12. The van der Waals surface area contributed by atoms with E-state index in [0.29, 0.717) is 5.92 Å². The Balaban J connectivity index is 2.19. The van der Waals surface area contributed by atoms with Gasteiger partial charge in [-0.3, -0.25) is 0 Å². The van der Waals surface area contributed by atoms with Crippen LogP contribution in [0.15, 0.2) is 11.6 Å². The molecule has 1 fully saturated rings. The molecule has 15 heavy (non-hydrogen) atoms. The molecule has 1 heteroatoms. The van der Waals surface area contributed by atoms with Gasteiger partial charge in [0.05, 0.1) is 5.60 Å². The van der Waals surface area contributed by atoms with E-state index in [1.807, 2.05) is 0 Å². The van der Waals surface area contributed by atoms with E-state index in [1.54, 1.807) is 0 Å². The Morgan fingerprint density at radius 2 is 2.07 bits per heavy atom. The van der Waals surface area contributed by atoms with Crippen LogP contribution in [-0.4, -0.2) is 10.7 Å². The van der Waals surface area contributed by atoms with E-state index in [9.17, 15) is 5.11 Å². The van der Waals surface area contributed by atoms with Crippen molar-refractivity contribution >= 4 is 0 Å². The highest BCUT2D eigenvalue weighted by Gasteiger charge is 2.42. The molecule has 0 aliphatic heterocycles. The Bertz CT molecular complexity index is 272. The molecule has 86 valence electrons. The number of rotatable bonds is 0. The van der Waals surface area contributed by atoms with Crippen molar-refractivity contribution in [2.75, 3.05) is 0 Å². The summed E-state index contributed by atoms with van der Waals surface area (Å²) in [6.45, 7) is 6.77. The summed E-state index contributed by atoms with van der Waals surface area (Å²) in [7, 11) is 0. The third-order valence-electron chi connectivity index (χ3n) is 4.28. The maximum Gasteiger partial charge on any atom is 0.0715 e. The average molecular weight is 208 g/mol. The largest absolute Gasteiger partial charge is 0.389 e. The summed E-state index contributed by atoms with van der Waals surface area (Å²) in [5.74, 6) is 0.539. The van der Waals surface area contributed by atoms with E-state index in [-0.39, 0.29) is 11.0 Å². The molecule has 2 aliphatic carbocycles. The molecule has 0 radical (unpaired) electrons. The summed E-state index contributed by atoms with van der Waals surface area (Å²) in [6.07, 6.45) is 9.18. The second-order valence-corrected chi connectivity index (χ2v) is 6.44. The van der Waals surface area contributed by atoms with Gasteiger partial charge in [0.2, 0.25) is 0 Å². The van der Waals surface area contributed by atoms with Gasteiger partial charge in [-0.05, 0) is 37.0 Å². The lowest BCUT2D eigenvalue weighted by Crippen LogP contribution is -2.44. The van der Waals surface area contributed by atoms with Crippen LogP contribution in [0, 0.1) is 11.3 Å². The first-order chi connectivity index (χ1) is 6.92. The zero-order valence-electron chi connectivity index (χ0n) is 10.3. The molecule has 0 aromatic carbocycles. The van der Waals surface area contributed by atoms with Crippen LogP contribution in [0.5, 0.6) is 0 Å². The summed E-state index contributed by atoms with van der Waals surface area (Å²) in [5, 5.41) is 10.7. The molecule has 0 bridgehead atoms. The predicted octanol–water partition coefficient (Wildman–Crippen LogP) is 3.67. The van der Waals surface area contributed by atoms with Gasteiger partial charge in [0.15, 0.2) is 0 Å². The molecule has 0 amide bonds. The molecule has 0 aromatic heterocycles. The van der Waals surface area contributed by atoms with Crippen molar-refractivity contribution in [3.8, 4) is 0 Å².